The highest BCUT2D eigenvalue weighted by atomic mass is 19.1. The Morgan fingerprint density at radius 3 is 2.67 bits per heavy atom. The first-order valence-electron chi connectivity index (χ1n) is 9.64. The summed E-state index contributed by atoms with van der Waals surface area (Å²) in [4.78, 5) is 41.4. The van der Waals surface area contributed by atoms with Crippen molar-refractivity contribution in [3.8, 4) is 0 Å². The number of carbonyl (C=O) groups is 3. The Morgan fingerprint density at radius 1 is 1.17 bits per heavy atom. The zero-order valence-corrected chi connectivity index (χ0v) is 16.3. The van der Waals surface area contributed by atoms with Crippen molar-refractivity contribution in [1.29, 1.82) is 0 Å². The first-order chi connectivity index (χ1) is 14.4. The average Bonchev–Trinajstić information content (AvgIpc) is 3.25. The lowest BCUT2D eigenvalue weighted by Crippen LogP contribution is -2.42. The number of rotatable bonds is 6. The Morgan fingerprint density at radius 2 is 1.90 bits per heavy atom. The fourth-order valence-electron chi connectivity index (χ4n) is 3.65. The first-order valence-corrected chi connectivity index (χ1v) is 9.64. The molecule has 0 aliphatic carbocycles. The van der Waals surface area contributed by atoms with Crippen LogP contribution in [-0.4, -0.2) is 40.3 Å². The molecule has 1 aliphatic heterocycles. The van der Waals surface area contributed by atoms with Gasteiger partial charge in [-0.25, -0.2) is 9.18 Å². The summed E-state index contributed by atoms with van der Waals surface area (Å²) in [6.07, 6.45) is 2.16. The molecule has 8 heteroatoms. The van der Waals surface area contributed by atoms with Gasteiger partial charge in [-0.1, -0.05) is 30.3 Å². The van der Waals surface area contributed by atoms with Crippen LogP contribution in [0.15, 0.2) is 54.7 Å². The average molecular weight is 408 g/mol. The van der Waals surface area contributed by atoms with E-state index in [9.17, 15) is 18.8 Å². The number of aromatic nitrogens is 1. The normalized spacial score (nSPS) is 17.3. The highest BCUT2D eigenvalue weighted by Crippen LogP contribution is 2.21. The van der Waals surface area contributed by atoms with Crippen LogP contribution in [0.4, 0.5) is 9.18 Å². The highest BCUT2D eigenvalue weighted by molar-refractivity contribution is 6.06. The van der Waals surface area contributed by atoms with Crippen LogP contribution in [0.5, 0.6) is 0 Å². The standard InChI is InChI=1S/C22H21FN4O3/c1-13(14-6-8-16(23)9-7-14)25-20(28)12-27-21(29)19(26-22(27)30)10-15-11-24-18-5-3-2-4-17(15)18/h2-9,11,13,19,24H,10,12H2,1H3,(H,25,28)(H,26,30)/t13-,19-/m1/s1. The molecule has 1 fully saturated rings. The minimum absolute atomic E-state index is 0.332. The molecule has 1 saturated heterocycles. The van der Waals surface area contributed by atoms with E-state index in [0.717, 1.165) is 26.9 Å². The van der Waals surface area contributed by atoms with Crippen LogP contribution < -0.4 is 10.6 Å². The van der Waals surface area contributed by atoms with Crippen LogP contribution in [0.2, 0.25) is 0 Å². The largest absolute Gasteiger partial charge is 0.361 e. The van der Waals surface area contributed by atoms with Crippen molar-refractivity contribution in [1.82, 2.24) is 20.5 Å². The summed E-state index contributed by atoms with van der Waals surface area (Å²) >= 11 is 0. The molecule has 1 aliphatic rings. The molecule has 2 atom stereocenters. The topological polar surface area (TPSA) is 94.3 Å². The number of urea groups is 1. The molecule has 0 saturated carbocycles. The van der Waals surface area contributed by atoms with E-state index in [1.807, 2.05) is 30.5 Å². The second-order valence-electron chi connectivity index (χ2n) is 7.33. The number of aromatic amines is 1. The Hall–Kier alpha value is -3.68. The molecule has 4 amide bonds. The number of nitrogens with zero attached hydrogens (tertiary/aromatic N) is 1. The van der Waals surface area contributed by atoms with Crippen molar-refractivity contribution in [2.24, 2.45) is 0 Å². The molecule has 30 heavy (non-hydrogen) atoms. The third-order valence-corrected chi connectivity index (χ3v) is 5.26. The monoisotopic (exact) mass is 408 g/mol. The number of halogens is 1. The number of para-hydroxylation sites is 1. The van der Waals surface area contributed by atoms with E-state index in [1.165, 1.54) is 12.1 Å². The van der Waals surface area contributed by atoms with Gasteiger partial charge in [0, 0.05) is 23.5 Å². The number of amides is 4. The van der Waals surface area contributed by atoms with Crippen LogP contribution in [0.3, 0.4) is 0 Å². The van der Waals surface area contributed by atoms with E-state index in [1.54, 1.807) is 19.1 Å². The minimum atomic E-state index is -0.723. The predicted molar refractivity (Wildman–Crippen MR) is 109 cm³/mol. The van der Waals surface area contributed by atoms with Gasteiger partial charge in [-0.05, 0) is 36.2 Å². The van der Waals surface area contributed by atoms with Crippen molar-refractivity contribution in [2.45, 2.75) is 25.4 Å². The van der Waals surface area contributed by atoms with Crippen molar-refractivity contribution >= 4 is 28.7 Å². The van der Waals surface area contributed by atoms with Gasteiger partial charge < -0.3 is 15.6 Å². The van der Waals surface area contributed by atoms with Gasteiger partial charge in [0.2, 0.25) is 5.91 Å². The lowest BCUT2D eigenvalue weighted by Gasteiger charge is -2.17. The lowest BCUT2D eigenvalue weighted by molar-refractivity contribution is -0.132. The molecule has 0 radical (unpaired) electrons. The van der Waals surface area contributed by atoms with Crippen molar-refractivity contribution in [3.05, 3.63) is 71.7 Å². The molecular weight excluding hydrogens is 387 g/mol. The number of carbonyl (C=O) groups excluding carboxylic acids is 3. The molecule has 0 unspecified atom stereocenters. The number of benzene rings is 2. The molecule has 7 nitrogen and oxygen atoms in total. The van der Waals surface area contributed by atoms with E-state index < -0.39 is 23.9 Å². The van der Waals surface area contributed by atoms with Crippen LogP contribution in [0, 0.1) is 5.82 Å². The maximum atomic E-state index is 13.0. The Bertz CT molecular complexity index is 1110. The van der Waals surface area contributed by atoms with Crippen molar-refractivity contribution < 1.29 is 18.8 Å². The maximum absolute atomic E-state index is 13.0. The number of hydrogen-bond acceptors (Lipinski definition) is 3. The van der Waals surface area contributed by atoms with Gasteiger partial charge >= 0.3 is 6.03 Å². The fraction of sp³-hybridized carbons (Fsp3) is 0.227. The van der Waals surface area contributed by atoms with E-state index in [4.69, 9.17) is 0 Å². The number of fused-ring (bicyclic) bond motifs is 1. The van der Waals surface area contributed by atoms with Crippen LogP contribution in [0.25, 0.3) is 10.9 Å². The summed E-state index contributed by atoms with van der Waals surface area (Å²) in [5.74, 6) is -1.27. The number of hydrogen-bond donors (Lipinski definition) is 3. The maximum Gasteiger partial charge on any atom is 0.325 e. The Balaban J connectivity index is 1.39. The number of H-pyrrole nitrogens is 1. The zero-order valence-electron chi connectivity index (χ0n) is 16.3. The molecule has 2 aromatic carbocycles. The Labute approximate surface area is 172 Å². The molecule has 154 valence electrons. The third kappa shape index (κ3) is 3.89. The summed E-state index contributed by atoms with van der Waals surface area (Å²) in [6.45, 7) is 1.37. The van der Waals surface area contributed by atoms with Gasteiger partial charge in [0.05, 0.1) is 6.04 Å². The second-order valence-corrected chi connectivity index (χ2v) is 7.33. The van der Waals surface area contributed by atoms with Crippen molar-refractivity contribution in [2.75, 3.05) is 6.54 Å². The van der Waals surface area contributed by atoms with Crippen LogP contribution in [0.1, 0.15) is 24.1 Å². The van der Waals surface area contributed by atoms with Crippen molar-refractivity contribution in [3.63, 3.8) is 0 Å². The molecule has 4 rings (SSSR count). The molecule has 0 bridgehead atoms. The highest BCUT2D eigenvalue weighted by Gasteiger charge is 2.39. The summed E-state index contributed by atoms with van der Waals surface area (Å²) in [6, 6.07) is 11.8. The Kier molecular flexibility index (Phi) is 5.22. The van der Waals surface area contributed by atoms with Gasteiger partial charge in [-0.15, -0.1) is 0 Å². The van der Waals surface area contributed by atoms with E-state index in [2.05, 4.69) is 15.6 Å². The quantitative estimate of drug-likeness (QED) is 0.548. The lowest BCUT2D eigenvalue weighted by atomic mass is 10.1. The number of nitrogens with one attached hydrogen (secondary N) is 3. The zero-order chi connectivity index (χ0) is 21.3. The minimum Gasteiger partial charge on any atom is -0.361 e. The summed E-state index contributed by atoms with van der Waals surface area (Å²) in [5, 5.41) is 6.37. The van der Waals surface area contributed by atoms with Gasteiger partial charge in [-0.2, -0.15) is 0 Å². The molecule has 3 aromatic rings. The molecule has 3 N–H and O–H groups in total. The first kappa shape index (κ1) is 19.6. The summed E-state index contributed by atoms with van der Waals surface area (Å²) < 4.78 is 13.0. The van der Waals surface area contributed by atoms with E-state index in [-0.39, 0.29) is 18.4 Å². The SMILES string of the molecule is C[C@@H](NC(=O)CN1C(=O)N[C@H](Cc2c[nH]c3ccccc23)C1=O)c1ccc(F)cc1. The number of imide groups is 1. The van der Waals surface area contributed by atoms with Gasteiger partial charge in [0.25, 0.3) is 5.91 Å². The van der Waals surface area contributed by atoms with Gasteiger partial charge in [0.1, 0.15) is 18.4 Å². The van der Waals surface area contributed by atoms with Gasteiger partial charge in [0.15, 0.2) is 0 Å². The van der Waals surface area contributed by atoms with Crippen LogP contribution >= 0.6 is 0 Å². The van der Waals surface area contributed by atoms with Gasteiger partial charge in [-0.3, -0.25) is 14.5 Å². The smallest absolute Gasteiger partial charge is 0.325 e. The molecule has 2 heterocycles. The molecule has 0 spiro atoms. The van der Waals surface area contributed by atoms with E-state index in [0.29, 0.717) is 6.42 Å². The molecule has 1 aromatic heterocycles. The van der Waals surface area contributed by atoms with Crippen LogP contribution in [-0.2, 0) is 16.0 Å². The second kappa shape index (κ2) is 7.98. The predicted octanol–water partition coefficient (Wildman–Crippen LogP) is 2.65. The summed E-state index contributed by atoms with van der Waals surface area (Å²) in [7, 11) is 0. The fourth-order valence-corrected chi connectivity index (χ4v) is 3.65. The van der Waals surface area contributed by atoms with E-state index >= 15 is 0 Å². The third-order valence-electron chi connectivity index (χ3n) is 5.26. The summed E-state index contributed by atoms with van der Waals surface area (Å²) in [5.41, 5.74) is 2.59. The molecular formula is C22H21FN4O3.